The van der Waals surface area contributed by atoms with E-state index in [9.17, 15) is 4.79 Å². The normalized spacial score (nSPS) is 10.3. The smallest absolute Gasteiger partial charge is 0.248 e. The van der Waals surface area contributed by atoms with Gasteiger partial charge in [0.15, 0.2) is 0 Å². The van der Waals surface area contributed by atoms with E-state index in [1.165, 1.54) is 12.0 Å². The highest BCUT2D eigenvalue weighted by Crippen LogP contribution is 2.13. The van der Waals surface area contributed by atoms with Gasteiger partial charge in [-0.15, -0.1) is 0 Å². The van der Waals surface area contributed by atoms with E-state index in [0.29, 0.717) is 12.2 Å². The molecule has 0 saturated carbocycles. The van der Waals surface area contributed by atoms with Crippen LogP contribution in [0.3, 0.4) is 0 Å². The third kappa shape index (κ3) is 5.30. The molecule has 21 heavy (non-hydrogen) atoms. The molecule has 0 aromatic heterocycles. The van der Waals surface area contributed by atoms with Gasteiger partial charge in [-0.3, -0.25) is 4.79 Å². The second-order valence-electron chi connectivity index (χ2n) is 5.03. The summed E-state index contributed by atoms with van der Waals surface area (Å²) in [5.74, 6) is 0.366. The molecule has 2 rings (SSSR count). The van der Waals surface area contributed by atoms with Crippen LogP contribution in [-0.2, 0) is 6.42 Å². The van der Waals surface area contributed by atoms with Crippen molar-refractivity contribution in [2.24, 2.45) is 5.73 Å². The van der Waals surface area contributed by atoms with Crippen molar-refractivity contribution < 1.29 is 9.53 Å². The van der Waals surface area contributed by atoms with Gasteiger partial charge in [0.25, 0.3) is 0 Å². The molecule has 3 heteroatoms. The van der Waals surface area contributed by atoms with Crippen LogP contribution in [0.25, 0.3) is 0 Å². The highest BCUT2D eigenvalue weighted by atomic mass is 16.5. The van der Waals surface area contributed by atoms with Crippen molar-refractivity contribution in [3.63, 3.8) is 0 Å². The van der Waals surface area contributed by atoms with Crippen LogP contribution in [0.5, 0.6) is 5.75 Å². The molecule has 0 bridgehead atoms. The first-order valence-electron chi connectivity index (χ1n) is 7.32. The molecule has 2 aromatic carbocycles. The fraction of sp³-hybridized carbons (Fsp3) is 0.278. The molecule has 0 atom stereocenters. The summed E-state index contributed by atoms with van der Waals surface area (Å²) in [4.78, 5) is 10.9. The SMILES string of the molecule is NC(=O)c1ccc(OCCCCCc2ccccc2)cc1. The summed E-state index contributed by atoms with van der Waals surface area (Å²) < 4.78 is 5.64. The number of rotatable bonds is 8. The topological polar surface area (TPSA) is 52.3 Å². The van der Waals surface area contributed by atoms with Crippen LogP contribution >= 0.6 is 0 Å². The first-order valence-corrected chi connectivity index (χ1v) is 7.32. The van der Waals surface area contributed by atoms with E-state index < -0.39 is 5.91 Å². The molecular formula is C18H21NO2. The molecule has 0 aliphatic heterocycles. The van der Waals surface area contributed by atoms with Crippen LogP contribution in [0, 0.1) is 0 Å². The zero-order chi connectivity index (χ0) is 14.9. The van der Waals surface area contributed by atoms with Crippen LogP contribution in [0.4, 0.5) is 0 Å². The molecule has 1 amide bonds. The van der Waals surface area contributed by atoms with Gasteiger partial charge in [0, 0.05) is 5.56 Å². The molecule has 0 saturated heterocycles. The van der Waals surface area contributed by atoms with E-state index >= 15 is 0 Å². The minimum atomic E-state index is -0.414. The number of ether oxygens (including phenoxy) is 1. The Morgan fingerprint density at radius 1 is 0.905 bits per heavy atom. The van der Waals surface area contributed by atoms with Crippen LogP contribution < -0.4 is 10.5 Å². The number of primary amides is 1. The van der Waals surface area contributed by atoms with Crippen molar-refractivity contribution in [3.05, 3.63) is 65.7 Å². The fourth-order valence-electron chi connectivity index (χ4n) is 2.16. The van der Waals surface area contributed by atoms with Crippen molar-refractivity contribution in [1.82, 2.24) is 0 Å². The van der Waals surface area contributed by atoms with Gasteiger partial charge in [0.2, 0.25) is 5.91 Å². The summed E-state index contributed by atoms with van der Waals surface area (Å²) in [6.07, 6.45) is 4.47. The van der Waals surface area contributed by atoms with E-state index in [0.717, 1.165) is 25.0 Å². The average molecular weight is 283 g/mol. The maximum atomic E-state index is 10.9. The molecule has 2 aromatic rings. The zero-order valence-electron chi connectivity index (χ0n) is 12.1. The number of hydrogen-bond donors (Lipinski definition) is 1. The van der Waals surface area contributed by atoms with Gasteiger partial charge < -0.3 is 10.5 Å². The Balaban J connectivity index is 1.60. The molecular weight excluding hydrogens is 262 g/mol. The Morgan fingerprint density at radius 3 is 2.29 bits per heavy atom. The maximum Gasteiger partial charge on any atom is 0.248 e. The van der Waals surface area contributed by atoms with E-state index in [4.69, 9.17) is 10.5 Å². The van der Waals surface area contributed by atoms with E-state index in [-0.39, 0.29) is 0 Å². The molecule has 0 aliphatic carbocycles. The first-order chi connectivity index (χ1) is 10.3. The van der Waals surface area contributed by atoms with Gasteiger partial charge >= 0.3 is 0 Å². The Kier molecular flexibility index (Phi) is 5.83. The third-order valence-electron chi connectivity index (χ3n) is 3.36. The quantitative estimate of drug-likeness (QED) is 0.753. The Hall–Kier alpha value is -2.29. The Bertz CT molecular complexity index is 549. The van der Waals surface area contributed by atoms with E-state index in [1.807, 2.05) is 6.07 Å². The summed E-state index contributed by atoms with van der Waals surface area (Å²) in [7, 11) is 0. The Morgan fingerprint density at radius 2 is 1.62 bits per heavy atom. The van der Waals surface area contributed by atoms with E-state index in [1.54, 1.807) is 24.3 Å². The molecule has 0 spiro atoms. The fourth-order valence-corrected chi connectivity index (χ4v) is 2.16. The lowest BCUT2D eigenvalue weighted by atomic mass is 10.1. The van der Waals surface area contributed by atoms with Crippen molar-refractivity contribution in [3.8, 4) is 5.75 Å². The van der Waals surface area contributed by atoms with Gasteiger partial charge in [-0.1, -0.05) is 30.3 Å². The Labute approximate surface area is 125 Å². The minimum Gasteiger partial charge on any atom is -0.494 e. The van der Waals surface area contributed by atoms with Gasteiger partial charge in [0.05, 0.1) is 6.61 Å². The second kappa shape index (κ2) is 8.10. The lowest BCUT2D eigenvalue weighted by Gasteiger charge is -2.06. The molecule has 110 valence electrons. The number of benzene rings is 2. The third-order valence-corrected chi connectivity index (χ3v) is 3.36. The van der Waals surface area contributed by atoms with Crippen molar-refractivity contribution in [1.29, 1.82) is 0 Å². The lowest BCUT2D eigenvalue weighted by molar-refractivity contribution is 0.100. The number of carbonyl (C=O) groups is 1. The lowest BCUT2D eigenvalue weighted by Crippen LogP contribution is -2.10. The number of aryl methyl sites for hydroxylation is 1. The summed E-state index contributed by atoms with van der Waals surface area (Å²) >= 11 is 0. The van der Waals surface area contributed by atoms with E-state index in [2.05, 4.69) is 24.3 Å². The van der Waals surface area contributed by atoms with Crippen molar-refractivity contribution in [2.75, 3.05) is 6.61 Å². The molecule has 0 aliphatic rings. The summed E-state index contributed by atoms with van der Waals surface area (Å²) in [6, 6.07) is 17.5. The predicted molar refractivity (Wildman–Crippen MR) is 84.5 cm³/mol. The molecule has 0 radical (unpaired) electrons. The zero-order valence-corrected chi connectivity index (χ0v) is 12.1. The highest BCUT2D eigenvalue weighted by molar-refractivity contribution is 5.92. The predicted octanol–water partition coefficient (Wildman–Crippen LogP) is 3.58. The molecule has 0 heterocycles. The summed E-state index contributed by atoms with van der Waals surface area (Å²) in [5, 5.41) is 0. The number of hydrogen-bond acceptors (Lipinski definition) is 2. The second-order valence-corrected chi connectivity index (χ2v) is 5.03. The van der Waals surface area contributed by atoms with Crippen LogP contribution in [0.2, 0.25) is 0 Å². The van der Waals surface area contributed by atoms with Gasteiger partial charge in [-0.25, -0.2) is 0 Å². The molecule has 0 unspecified atom stereocenters. The molecule has 3 nitrogen and oxygen atoms in total. The summed E-state index contributed by atoms with van der Waals surface area (Å²) in [6.45, 7) is 0.699. The van der Waals surface area contributed by atoms with Crippen LogP contribution in [-0.4, -0.2) is 12.5 Å². The summed E-state index contributed by atoms with van der Waals surface area (Å²) in [5.41, 5.74) is 7.08. The van der Waals surface area contributed by atoms with Crippen molar-refractivity contribution in [2.45, 2.75) is 25.7 Å². The average Bonchev–Trinajstić information content (AvgIpc) is 2.52. The molecule has 0 fully saturated rings. The highest BCUT2D eigenvalue weighted by Gasteiger charge is 2.00. The largest absolute Gasteiger partial charge is 0.494 e. The monoisotopic (exact) mass is 283 g/mol. The molecule has 2 N–H and O–H groups in total. The number of amides is 1. The van der Waals surface area contributed by atoms with Gasteiger partial charge in [-0.05, 0) is 55.5 Å². The number of nitrogens with two attached hydrogens (primary N) is 1. The van der Waals surface area contributed by atoms with Crippen LogP contribution in [0.15, 0.2) is 54.6 Å². The standard InChI is InChI=1S/C18H21NO2/c19-18(20)16-10-12-17(13-11-16)21-14-6-2-5-9-15-7-3-1-4-8-15/h1,3-4,7-8,10-13H,2,5-6,9,14H2,(H2,19,20). The van der Waals surface area contributed by atoms with Gasteiger partial charge in [-0.2, -0.15) is 0 Å². The number of carbonyl (C=O) groups excluding carboxylic acids is 1. The minimum absolute atomic E-state index is 0.414. The maximum absolute atomic E-state index is 10.9. The van der Waals surface area contributed by atoms with Crippen LogP contribution in [0.1, 0.15) is 35.2 Å². The number of unbranched alkanes of at least 4 members (excludes halogenated alkanes) is 2. The first kappa shape index (κ1) is 15.1. The van der Waals surface area contributed by atoms with Gasteiger partial charge in [0.1, 0.15) is 5.75 Å². The van der Waals surface area contributed by atoms with Crippen molar-refractivity contribution >= 4 is 5.91 Å².